The zero-order valence-electron chi connectivity index (χ0n) is 11.5. The van der Waals surface area contributed by atoms with E-state index in [1.807, 2.05) is 0 Å². The van der Waals surface area contributed by atoms with Crippen molar-refractivity contribution in [2.24, 2.45) is 5.92 Å². The molecule has 1 aliphatic carbocycles. The zero-order valence-corrected chi connectivity index (χ0v) is 12.4. The van der Waals surface area contributed by atoms with Gasteiger partial charge in [-0.15, -0.1) is 10.2 Å². The maximum Gasteiger partial charge on any atom is 0.391 e. The van der Waals surface area contributed by atoms with E-state index < -0.39 is 12.1 Å². The number of nitrogens with one attached hydrogen (secondary N) is 1. The second kappa shape index (κ2) is 6.85. The molecule has 114 valence electrons. The van der Waals surface area contributed by atoms with Crippen molar-refractivity contribution in [1.29, 1.82) is 0 Å². The largest absolute Gasteiger partial charge is 0.391 e. The molecular weight excluding hydrogens is 287 g/mol. The molecular formula is C13H20F3N3S. The van der Waals surface area contributed by atoms with Crippen molar-refractivity contribution in [3.05, 3.63) is 10.0 Å². The quantitative estimate of drug-likeness (QED) is 0.839. The Balaban J connectivity index is 1.94. The lowest BCUT2D eigenvalue weighted by atomic mass is 9.81. The summed E-state index contributed by atoms with van der Waals surface area (Å²) in [6.45, 7) is 3.65. The Labute approximate surface area is 121 Å². The van der Waals surface area contributed by atoms with Crippen LogP contribution in [0.1, 0.15) is 55.0 Å². The van der Waals surface area contributed by atoms with Crippen LogP contribution < -0.4 is 5.32 Å². The molecule has 0 spiro atoms. The van der Waals surface area contributed by atoms with Crippen LogP contribution in [0.3, 0.4) is 0 Å². The van der Waals surface area contributed by atoms with Crippen molar-refractivity contribution in [3.63, 3.8) is 0 Å². The number of rotatable bonds is 5. The van der Waals surface area contributed by atoms with Gasteiger partial charge in [0.2, 0.25) is 0 Å². The summed E-state index contributed by atoms with van der Waals surface area (Å²) in [6.07, 6.45) is -1.19. The average Bonchev–Trinajstić information content (AvgIpc) is 2.87. The molecule has 1 N–H and O–H groups in total. The SMILES string of the molecule is CCCNCc1nnc(C2CCCC(C(F)(F)F)C2)s1. The minimum atomic E-state index is -4.07. The number of alkyl halides is 3. The van der Waals surface area contributed by atoms with Crippen LogP contribution in [0.2, 0.25) is 0 Å². The van der Waals surface area contributed by atoms with E-state index in [0.717, 1.165) is 29.4 Å². The Morgan fingerprint density at radius 1 is 1.30 bits per heavy atom. The second-order valence-corrected chi connectivity index (χ2v) is 6.41. The summed E-state index contributed by atoms with van der Waals surface area (Å²) in [5.74, 6) is -1.25. The van der Waals surface area contributed by atoms with Gasteiger partial charge in [-0.05, 0) is 32.2 Å². The number of nitrogens with zero attached hydrogens (tertiary/aromatic N) is 2. The first-order valence-corrected chi connectivity index (χ1v) is 7.92. The summed E-state index contributed by atoms with van der Waals surface area (Å²) >= 11 is 1.45. The minimum Gasteiger partial charge on any atom is -0.310 e. The maximum atomic E-state index is 12.8. The van der Waals surface area contributed by atoms with E-state index in [1.165, 1.54) is 11.3 Å². The first-order valence-electron chi connectivity index (χ1n) is 7.10. The van der Waals surface area contributed by atoms with Crippen LogP contribution in [-0.4, -0.2) is 22.9 Å². The lowest BCUT2D eigenvalue weighted by molar-refractivity contribution is -0.183. The van der Waals surface area contributed by atoms with E-state index in [4.69, 9.17) is 0 Å². The second-order valence-electron chi connectivity index (χ2n) is 5.31. The monoisotopic (exact) mass is 307 g/mol. The fraction of sp³-hybridized carbons (Fsp3) is 0.846. The normalized spacial score (nSPS) is 24.0. The molecule has 2 unspecified atom stereocenters. The molecule has 0 bridgehead atoms. The molecule has 7 heteroatoms. The molecule has 1 aromatic rings. The summed E-state index contributed by atoms with van der Waals surface area (Å²) in [6, 6.07) is 0. The van der Waals surface area contributed by atoms with Crippen molar-refractivity contribution >= 4 is 11.3 Å². The Morgan fingerprint density at radius 3 is 2.80 bits per heavy atom. The third kappa shape index (κ3) is 4.15. The molecule has 1 heterocycles. The summed E-state index contributed by atoms with van der Waals surface area (Å²) in [4.78, 5) is 0. The third-order valence-electron chi connectivity index (χ3n) is 3.67. The maximum absolute atomic E-state index is 12.8. The van der Waals surface area contributed by atoms with Crippen molar-refractivity contribution < 1.29 is 13.2 Å². The molecule has 0 radical (unpaired) electrons. The fourth-order valence-electron chi connectivity index (χ4n) is 2.59. The number of hydrogen-bond acceptors (Lipinski definition) is 4. The van der Waals surface area contributed by atoms with E-state index in [-0.39, 0.29) is 18.8 Å². The minimum absolute atomic E-state index is 0.0761. The lowest BCUT2D eigenvalue weighted by Crippen LogP contribution is -2.28. The molecule has 0 amide bonds. The number of halogens is 3. The fourth-order valence-corrected chi connectivity index (χ4v) is 3.55. The predicted octanol–water partition coefficient (Wildman–Crippen LogP) is 3.87. The molecule has 1 fully saturated rings. The summed E-state index contributed by atoms with van der Waals surface area (Å²) in [5, 5.41) is 13.0. The summed E-state index contributed by atoms with van der Waals surface area (Å²) in [7, 11) is 0. The molecule has 1 aromatic heterocycles. The van der Waals surface area contributed by atoms with Gasteiger partial charge in [0, 0.05) is 12.5 Å². The van der Waals surface area contributed by atoms with Gasteiger partial charge in [-0.3, -0.25) is 0 Å². The van der Waals surface area contributed by atoms with Crippen LogP contribution >= 0.6 is 11.3 Å². The molecule has 1 saturated carbocycles. The molecule has 3 nitrogen and oxygen atoms in total. The van der Waals surface area contributed by atoms with E-state index in [0.29, 0.717) is 13.0 Å². The van der Waals surface area contributed by atoms with Gasteiger partial charge in [-0.25, -0.2) is 0 Å². The van der Waals surface area contributed by atoms with Crippen molar-refractivity contribution in [3.8, 4) is 0 Å². The molecule has 20 heavy (non-hydrogen) atoms. The topological polar surface area (TPSA) is 37.8 Å². The van der Waals surface area contributed by atoms with E-state index in [9.17, 15) is 13.2 Å². The smallest absolute Gasteiger partial charge is 0.310 e. The van der Waals surface area contributed by atoms with Gasteiger partial charge in [0.1, 0.15) is 10.0 Å². The highest BCUT2D eigenvalue weighted by Crippen LogP contribution is 2.44. The Kier molecular flexibility index (Phi) is 5.37. The predicted molar refractivity (Wildman–Crippen MR) is 72.7 cm³/mol. The number of aromatic nitrogens is 2. The van der Waals surface area contributed by atoms with Crippen molar-refractivity contribution in [2.45, 2.75) is 57.7 Å². The van der Waals surface area contributed by atoms with Gasteiger partial charge in [0.25, 0.3) is 0 Å². The van der Waals surface area contributed by atoms with Crippen molar-refractivity contribution in [2.75, 3.05) is 6.54 Å². The lowest BCUT2D eigenvalue weighted by Gasteiger charge is -2.29. The summed E-state index contributed by atoms with van der Waals surface area (Å²) < 4.78 is 38.4. The van der Waals surface area contributed by atoms with Crippen LogP contribution in [0.15, 0.2) is 0 Å². The van der Waals surface area contributed by atoms with E-state index in [1.54, 1.807) is 0 Å². The van der Waals surface area contributed by atoms with Gasteiger partial charge in [-0.1, -0.05) is 24.7 Å². The highest BCUT2D eigenvalue weighted by atomic mass is 32.1. The Hall–Kier alpha value is -0.690. The Morgan fingerprint density at radius 2 is 2.10 bits per heavy atom. The van der Waals surface area contributed by atoms with Gasteiger partial charge in [0.15, 0.2) is 0 Å². The molecule has 0 saturated heterocycles. The van der Waals surface area contributed by atoms with Crippen LogP contribution in [0.5, 0.6) is 0 Å². The van der Waals surface area contributed by atoms with Gasteiger partial charge in [-0.2, -0.15) is 13.2 Å². The molecule has 2 atom stereocenters. The average molecular weight is 307 g/mol. The summed E-state index contributed by atoms with van der Waals surface area (Å²) in [5.41, 5.74) is 0. The standard InChI is InChI=1S/C13H20F3N3S/c1-2-6-17-8-11-18-19-12(20-11)9-4-3-5-10(7-9)13(14,15)16/h9-10,17H,2-8H2,1H3. The number of hydrogen-bond donors (Lipinski definition) is 1. The van der Waals surface area contributed by atoms with E-state index >= 15 is 0 Å². The highest BCUT2D eigenvalue weighted by Gasteiger charge is 2.43. The molecule has 2 rings (SSSR count). The van der Waals surface area contributed by atoms with Crippen molar-refractivity contribution in [1.82, 2.24) is 15.5 Å². The van der Waals surface area contributed by atoms with Crippen LogP contribution in [0.4, 0.5) is 13.2 Å². The van der Waals surface area contributed by atoms with Crippen LogP contribution in [0.25, 0.3) is 0 Å². The third-order valence-corrected chi connectivity index (χ3v) is 4.76. The first-order chi connectivity index (χ1) is 9.50. The zero-order chi connectivity index (χ0) is 14.6. The Bertz CT molecular complexity index is 419. The van der Waals surface area contributed by atoms with Gasteiger partial charge >= 0.3 is 6.18 Å². The van der Waals surface area contributed by atoms with E-state index in [2.05, 4.69) is 22.4 Å². The highest BCUT2D eigenvalue weighted by molar-refractivity contribution is 7.11. The first kappa shape index (κ1) is 15.7. The van der Waals surface area contributed by atoms with Crippen LogP contribution in [0, 0.1) is 5.92 Å². The molecule has 1 aliphatic rings. The van der Waals surface area contributed by atoms with Gasteiger partial charge in [0.05, 0.1) is 5.92 Å². The molecule has 0 aromatic carbocycles. The molecule has 0 aliphatic heterocycles. The van der Waals surface area contributed by atoms with Gasteiger partial charge < -0.3 is 5.32 Å². The van der Waals surface area contributed by atoms with Crippen LogP contribution in [-0.2, 0) is 6.54 Å².